The molecule has 3 heterocycles. The van der Waals surface area contributed by atoms with Crippen LogP contribution >= 0.6 is 11.8 Å². The molecule has 0 fully saturated rings. The van der Waals surface area contributed by atoms with Crippen LogP contribution in [-0.2, 0) is 5.75 Å². The third kappa shape index (κ3) is 3.41. The summed E-state index contributed by atoms with van der Waals surface area (Å²) in [6.07, 6.45) is 0. The van der Waals surface area contributed by atoms with Crippen LogP contribution in [0.1, 0.15) is 23.0 Å². The lowest BCUT2D eigenvalue weighted by atomic mass is 10.1. The smallest absolute Gasteiger partial charge is 0.277 e. The molecule has 8 heteroatoms. The molecule has 0 spiro atoms. The fraction of sp³-hybridized carbons (Fsp3) is 0.222. The van der Waals surface area contributed by atoms with Crippen molar-refractivity contribution in [1.29, 1.82) is 0 Å². The maximum atomic E-state index is 5.70. The Morgan fingerprint density at radius 1 is 0.885 bits per heavy atom. The number of aromatic nitrogens is 4. The third-order valence-corrected chi connectivity index (χ3v) is 4.53. The minimum atomic E-state index is 0.443. The summed E-state index contributed by atoms with van der Waals surface area (Å²) in [6, 6.07) is 9.80. The van der Waals surface area contributed by atoms with Crippen LogP contribution in [0, 0.1) is 20.8 Å². The van der Waals surface area contributed by atoms with Crippen LogP contribution in [0.15, 0.2) is 48.8 Å². The molecule has 4 aromatic rings. The Hall–Kier alpha value is -2.87. The van der Waals surface area contributed by atoms with Crippen molar-refractivity contribution >= 4 is 11.8 Å². The molecule has 0 radical (unpaired) electrons. The van der Waals surface area contributed by atoms with Gasteiger partial charge in [-0.15, -0.1) is 20.4 Å². The second-order valence-corrected chi connectivity index (χ2v) is 6.79. The van der Waals surface area contributed by atoms with Gasteiger partial charge in [0, 0.05) is 5.56 Å². The monoisotopic (exact) mass is 368 g/mol. The molecule has 1 aromatic carbocycles. The standard InChI is InChI=1S/C18H16N4O3S/c1-10-5-4-6-13(7-10)16-20-22-18(25-16)26-9-15-19-21-17(24-15)14-8-11(2)23-12(14)3/h4-8H,9H2,1-3H3. The molecule has 0 saturated heterocycles. The summed E-state index contributed by atoms with van der Waals surface area (Å²) >= 11 is 1.35. The molecule has 0 amide bonds. The van der Waals surface area contributed by atoms with Gasteiger partial charge in [-0.05, 0) is 39.0 Å². The zero-order valence-electron chi connectivity index (χ0n) is 14.5. The molecule has 0 aliphatic rings. The summed E-state index contributed by atoms with van der Waals surface area (Å²) in [5, 5.41) is 16.8. The molecule has 0 unspecified atom stereocenters. The van der Waals surface area contributed by atoms with Gasteiger partial charge in [-0.25, -0.2) is 0 Å². The van der Waals surface area contributed by atoms with Crippen molar-refractivity contribution in [2.24, 2.45) is 0 Å². The second-order valence-electron chi connectivity index (χ2n) is 5.86. The lowest BCUT2D eigenvalue weighted by Gasteiger charge is -1.95. The van der Waals surface area contributed by atoms with Crippen molar-refractivity contribution in [3.05, 3.63) is 53.3 Å². The topological polar surface area (TPSA) is 91.0 Å². The number of rotatable bonds is 5. The molecule has 0 aliphatic carbocycles. The number of aryl methyl sites for hydroxylation is 3. The molecule has 4 rings (SSSR count). The summed E-state index contributed by atoms with van der Waals surface area (Å²) in [4.78, 5) is 0. The number of hydrogen-bond acceptors (Lipinski definition) is 8. The first-order valence-electron chi connectivity index (χ1n) is 8.01. The molecule has 0 bridgehead atoms. The maximum absolute atomic E-state index is 5.70. The van der Waals surface area contributed by atoms with E-state index in [-0.39, 0.29) is 0 Å². The molecule has 132 valence electrons. The minimum absolute atomic E-state index is 0.443. The van der Waals surface area contributed by atoms with E-state index in [4.69, 9.17) is 13.3 Å². The highest BCUT2D eigenvalue weighted by Crippen LogP contribution is 2.28. The largest absolute Gasteiger partial charge is 0.466 e. The van der Waals surface area contributed by atoms with E-state index in [1.807, 2.05) is 51.1 Å². The zero-order valence-corrected chi connectivity index (χ0v) is 15.3. The van der Waals surface area contributed by atoms with Gasteiger partial charge in [-0.1, -0.05) is 29.5 Å². The molecule has 0 N–H and O–H groups in total. The quantitative estimate of drug-likeness (QED) is 0.472. The van der Waals surface area contributed by atoms with Gasteiger partial charge in [0.15, 0.2) is 0 Å². The summed E-state index contributed by atoms with van der Waals surface area (Å²) in [6.45, 7) is 5.77. The average Bonchev–Trinajstić information content (AvgIpc) is 3.33. The first kappa shape index (κ1) is 16.6. The Labute approximate surface area is 153 Å². The Bertz CT molecular complexity index is 1050. The summed E-state index contributed by atoms with van der Waals surface area (Å²) in [5.74, 6) is 3.43. The van der Waals surface area contributed by atoms with E-state index >= 15 is 0 Å². The highest BCUT2D eigenvalue weighted by molar-refractivity contribution is 7.98. The Morgan fingerprint density at radius 3 is 2.50 bits per heavy atom. The van der Waals surface area contributed by atoms with Gasteiger partial charge in [0.25, 0.3) is 11.1 Å². The molecule has 0 aliphatic heterocycles. The fourth-order valence-electron chi connectivity index (χ4n) is 2.55. The van der Waals surface area contributed by atoms with Crippen molar-refractivity contribution in [3.63, 3.8) is 0 Å². The third-order valence-electron chi connectivity index (χ3n) is 3.73. The molecule has 3 aromatic heterocycles. The van der Waals surface area contributed by atoms with Gasteiger partial charge in [0.05, 0.1) is 11.3 Å². The van der Waals surface area contributed by atoms with Crippen molar-refractivity contribution in [2.45, 2.75) is 31.7 Å². The molecule has 7 nitrogen and oxygen atoms in total. The first-order chi connectivity index (χ1) is 12.6. The number of thioether (sulfide) groups is 1. The zero-order chi connectivity index (χ0) is 18.1. The minimum Gasteiger partial charge on any atom is -0.466 e. The maximum Gasteiger partial charge on any atom is 0.277 e. The van der Waals surface area contributed by atoms with Crippen LogP contribution in [0.2, 0.25) is 0 Å². The predicted octanol–water partition coefficient (Wildman–Crippen LogP) is 4.60. The van der Waals surface area contributed by atoms with Crippen LogP contribution < -0.4 is 0 Å². The highest BCUT2D eigenvalue weighted by atomic mass is 32.2. The summed E-state index contributed by atoms with van der Waals surface area (Å²) in [7, 11) is 0. The fourth-order valence-corrected chi connectivity index (χ4v) is 3.15. The molecular weight excluding hydrogens is 352 g/mol. The van der Waals surface area contributed by atoms with Crippen LogP contribution in [0.5, 0.6) is 0 Å². The van der Waals surface area contributed by atoms with Gasteiger partial charge >= 0.3 is 0 Å². The van der Waals surface area contributed by atoms with Crippen LogP contribution in [0.4, 0.5) is 0 Å². The van der Waals surface area contributed by atoms with Crippen molar-refractivity contribution in [1.82, 2.24) is 20.4 Å². The van der Waals surface area contributed by atoms with E-state index in [0.717, 1.165) is 28.2 Å². The van der Waals surface area contributed by atoms with Crippen molar-refractivity contribution < 1.29 is 13.3 Å². The molecule has 0 saturated carbocycles. The van der Waals surface area contributed by atoms with Crippen molar-refractivity contribution in [3.8, 4) is 22.9 Å². The lowest BCUT2D eigenvalue weighted by molar-refractivity contribution is 0.464. The Morgan fingerprint density at radius 2 is 1.73 bits per heavy atom. The molecular formula is C18H16N4O3S. The highest BCUT2D eigenvalue weighted by Gasteiger charge is 2.16. The van der Waals surface area contributed by atoms with E-state index in [9.17, 15) is 0 Å². The van der Waals surface area contributed by atoms with Crippen molar-refractivity contribution in [2.75, 3.05) is 0 Å². The van der Waals surface area contributed by atoms with E-state index < -0.39 is 0 Å². The summed E-state index contributed by atoms with van der Waals surface area (Å²) < 4.78 is 16.9. The van der Waals surface area contributed by atoms with Gasteiger partial charge in [0.2, 0.25) is 11.8 Å². The second kappa shape index (κ2) is 6.80. The van der Waals surface area contributed by atoms with Gasteiger partial charge in [-0.2, -0.15) is 0 Å². The van der Waals surface area contributed by atoms with E-state index in [2.05, 4.69) is 20.4 Å². The Balaban J connectivity index is 1.44. The predicted molar refractivity (Wildman–Crippen MR) is 95.5 cm³/mol. The van der Waals surface area contributed by atoms with E-state index in [0.29, 0.717) is 28.6 Å². The summed E-state index contributed by atoms with van der Waals surface area (Å²) in [5.41, 5.74) is 2.85. The number of hydrogen-bond donors (Lipinski definition) is 0. The van der Waals surface area contributed by atoms with Crippen LogP contribution in [0.3, 0.4) is 0 Å². The number of benzene rings is 1. The van der Waals surface area contributed by atoms with E-state index in [1.165, 1.54) is 11.8 Å². The van der Waals surface area contributed by atoms with Crippen LogP contribution in [0.25, 0.3) is 22.9 Å². The SMILES string of the molecule is Cc1cccc(-c2nnc(SCc3nnc(-c4cc(C)oc4C)o3)o2)c1. The van der Waals surface area contributed by atoms with E-state index in [1.54, 1.807) is 0 Å². The average molecular weight is 368 g/mol. The van der Waals surface area contributed by atoms with Gasteiger partial charge in [-0.3, -0.25) is 0 Å². The number of furan rings is 1. The van der Waals surface area contributed by atoms with Crippen LogP contribution in [-0.4, -0.2) is 20.4 Å². The normalized spacial score (nSPS) is 11.2. The Kier molecular flexibility index (Phi) is 4.34. The number of nitrogens with zero attached hydrogens (tertiary/aromatic N) is 4. The first-order valence-corrected chi connectivity index (χ1v) is 9.00. The molecule has 0 atom stereocenters. The van der Waals surface area contributed by atoms with Gasteiger partial charge in [0.1, 0.15) is 11.5 Å². The lowest BCUT2D eigenvalue weighted by Crippen LogP contribution is -1.80. The van der Waals surface area contributed by atoms with Gasteiger partial charge < -0.3 is 13.3 Å². The molecule has 26 heavy (non-hydrogen) atoms.